The van der Waals surface area contributed by atoms with E-state index in [1.165, 1.54) is 37.5 Å². The number of urea groups is 1. The first-order valence-electron chi connectivity index (χ1n) is 11.3. The number of amides is 4. The van der Waals surface area contributed by atoms with Crippen LogP contribution in [0.4, 0.5) is 16.2 Å². The third kappa shape index (κ3) is 5.21. The molecule has 1 N–H and O–H groups in total. The van der Waals surface area contributed by atoms with Crippen molar-refractivity contribution in [2.24, 2.45) is 0 Å². The smallest absolute Gasteiger partial charge is 0.335 e. The van der Waals surface area contributed by atoms with Crippen LogP contribution in [-0.4, -0.2) is 29.9 Å². The quantitative estimate of drug-likeness (QED) is 0.192. The molecule has 38 heavy (non-hydrogen) atoms. The second-order valence-corrected chi connectivity index (χ2v) is 8.83. The maximum atomic E-state index is 13.3. The first-order valence-corrected chi connectivity index (χ1v) is 11.7. The van der Waals surface area contributed by atoms with Crippen molar-refractivity contribution in [3.8, 4) is 11.5 Å². The highest BCUT2D eigenvalue weighted by Gasteiger charge is 2.37. The summed E-state index contributed by atoms with van der Waals surface area (Å²) in [7, 11) is 1.39. The van der Waals surface area contributed by atoms with Gasteiger partial charge < -0.3 is 9.47 Å². The number of non-ortho nitro benzene ring substituents is 1. The Morgan fingerprint density at radius 3 is 2.53 bits per heavy atom. The molecule has 1 heterocycles. The van der Waals surface area contributed by atoms with Crippen LogP contribution in [0, 0.1) is 24.0 Å². The summed E-state index contributed by atoms with van der Waals surface area (Å²) in [5, 5.41) is 13.3. The fraction of sp³-hybridized carbons (Fsp3) is 0.148. The Bertz CT molecular complexity index is 1520. The monoisotopic (exact) mass is 535 g/mol. The van der Waals surface area contributed by atoms with Crippen LogP contribution in [-0.2, 0) is 16.2 Å². The van der Waals surface area contributed by atoms with E-state index in [1.54, 1.807) is 31.2 Å². The number of hydrogen-bond acceptors (Lipinski definition) is 7. The third-order valence-electron chi connectivity index (χ3n) is 5.99. The fourth-order valence-electron chi connectivity index (χ4n) is 3.90. The number of nitro benzene ring substituents is 1. The van der Waals surface area contributed by atoms with Crippen molar-refractivity contribution in [1.29, 1.82) is 0 Å². The Kier molecular flexibility index (Phi) is 7.45. The maximum absolute atomic E-state index is 13.3. The zero-order valence-corrected chi connectivity index (χ0v) is 21.4. The zero-order chi connectivity index (χ0) is 27.6. The van der Waals surface area contributed by atoms with Crippen molar-refractivity contribution in [2.45, 2.75) is 20.5 Å². The van der Waals surface area contributed by atoms with E-state index in [9.17, 15) is 24.5 Å². The summed E-state index contributed by atoms with van der Waals surface area (Å²) in [5.74, 6) is -1.24. The predicted molar refractivity (Wildman–Crippen MR) is 140 cm³/mol. The Labute approximate surface area is 222 Å². The van der Waals surface area contributed by atoms with Gasteiger partial charge in [0.05, 0.1) is 22.7 Å². The highest BCUT2D eigenvalue weighted by molar-refractivity contribution is 6.39. The average molecular weight is 536 g/mol. The number of methoxy groups -OCH3 is 1. The van der Waals surface area contributed by atoms with Gasteiger partial charge in [-0.1, -0.05) is 35.9 Å². The molecule has 1 aliphatic heterocycles. The van der Waals surface area contributed by atoms with Gasteiger partial charge in [-0.25, -0.2) is 9.69 Å². The van der Waals surface area contributed by atoms with Gasteiger partial charge in [0.1, 0.15) is 12.2 Å². The normalized spacial score (nSPS) is 14.5. The molecule has 1 aliphatic rings. The highest BCUT2D eigenvalue weighted by Crippen LogP contribution is 2.38. The van der Waals surface area contributed by atoms with Gasteiger partial charge in [0, 0.05) is 12.1 Å². The molecule has 0 atom stereocenters. The number of ether oxygens (including phenoxy) is 2. The second-order valence-electron chi connectivity index (χ2n) is 8.43. The van der Waals surface area contributed by atoms with Crippen LogP contribution < -0.4 is 19.7 Å². The van der Waals surface area contributed by atoms with E-state index in [2.05, 4.69) is 5.32 Å². The minimum atomic E-state index is -0.845. The number of barbiturate groups is 1. The van der Waals surface area contributed by atoms with Crippen LogP contribution >= 0.6 is 11.6 Å². The number of carbonyl (C=O) groups excluding carboxylic acids is 3. The van der Waals surface area contributed by atoms with Crippen LogP contribution in [0.2, 0.25) is 5.02 Å². The Morgan fingerprint density at radius 1 is 1.08 bits per heavy atom. The van der Waals surface area contributed by atoms with Crippen molar-refractivity contribution in [3.05, 3.63) is 97.6 Å². The summed E-state index contributed by atoms with van der Waals surface area (Å²) in [6.07, 6.45) is 1.31. The molecule has 1 saturated heterocycles. The molecule has 0 unspecified atom stereocenters. The van der Waals surface area contributed by atoms with Crippen molar-refractivity contribution in [1.82, 2.24) is 5.32 Å². The number of aryl methyl sites for hydroxylation is 1. The highest BCUT2D eigenvalue weighted by atomic mass is 35.5. The lowest BCUT2D eigenvalue weighted by Gasteiger charge is -2.28. The van der Waals surface area contributed by atoms with Crippen LogP contribution in [0.15, 0.2) is 60.2 Å². The minimum Gasteiger partial charge on any atom is -0.493 e. The van der Waals surface area contributed by atoms with Gasteiger partial charge in [-0.05, 0) is 60.4 Å². The molecular formula is C27H22ClN3O7. The van der Waals surface area contributed by atoms with E-state index in [0.717, 1.165) is 16.0 Å². The second kappa shape index (κ2) is 10.7. The van der Waals surface area contributed by atoms with E-state index in [1.807, 2.05) is 13.0 Å². The maximum Gasteiger partial charge on any atom is 0.335 e. The minimum absolute atomic E-state index is 0.0218. The van der Waals surface area contributed by atoms with E-state index < -0.39 is 22.8 Å². The van der Waals surface area contributed by atoms with Crippen LogP contribution in [0.25, 0.3) is 6.08 Å². The Hall–Kier alpha value is -4.70. The zero-order valence-electron chi connectivity index (χ0n) is 20.6. The van der Waals surface area contributed by atoms with Crippen molar-refractivity contribution < 1.29 is 28.8 Å². The molecule has 3 aromatic rings. The summed E-state index contributed by atoms with van der Waals surface area (Å²) < 4.78 is 11.2. The molecule has 0 radical (unpaired) electrons. The van der Waals surface area contributed by atoms with Gasteiger partial charge in [-0.2, -0.15) is 0 Å². The summed E-state index contributed by atoms with van der Waals surface area (Å²) in [6.45, 7) is 3.61. The average Bonchev–Trinajstić information content (AvgIpc) is 2.88. The summed E-state index contributed by atoms with van der Waals surface area (Å²) >= 11 is 6.45. The van der Waals surface area contributed by atoms with Crippen LogP contribution in [0.3, 0.4) is 0 Å². The molecule has 1 fully saturated rings. The molecule has 4 rings (SSSR count). The molecule has 4 amide bonds. The van der Waals surface area contributed by atoms with Gasteiger partial charge in [0.25, 0.3) is 17.5 Å². The third-order valence-corrected chi connectivity index (χ3v) is 6.27. The number of hydrogen-bond donors (Lipinski definition) is 1. The summed E-state index contributed by atoms with van der Waals surface area (Å²) in [4.78, 5) is 49.9. The fourth-order valence-corrected chi connectivity index (χ4v) is 4.17. The number of anilines is 1. The van der Waals surface area contributed by atoms with E-state index >= 15 is 0 Å². The number of halogens is 1. The molecule has 0 bridgehead atoms. The number of rotatable bonds is 7. The van der Waals surface area contributed by atoms with Gasteiger partial charge in [-0.3, -0.25) is 25.0 Å². The van der Waals surface area contributed by atoms with Crippen molar-refractivity contribution in [2.75, 3.05) is 12.0 Å². The SMILES string of the molecule is COc1cc(/C=C2\C(=O)NC(=O)N(c3cccc(C)c3C)C2=O)cc(Cl)c1OCc1cccc([N+](=O)[O-])c1. The van der Waals surface area contributed by atoms with E-state index in [4.69, 9.17) is 21.1 Å². The molecule has 11 heteroatoms. The van der Waals surface area contributed by atoms with Crippen LogP contribution in [0.5, 0.6) is 11.5 Å². The van der Waals surface area contributed by atoms with Gasteiger partial charge in [0.15, 0.2) is 11.5 Å². The van der Waals surface area contributed by atoms with E-state index in [0.29, 0.717) is 16.8 Å². The molecule has 194 valence electrons. The van der Waals surface area contributed by atoms with Crippen molar-refractivity contribution in [3.63, 3.8) is 0 Å². The van der Waals surface area contributed by atoms with Gasteiger partial charge >= 0.3 is 6.03 Å². The number of carbonyl (C=O) groups is 3. The molecule has 3 aromatic carbocycles. The molecule has 0 aromatic heterocycles. The topological polar surface area (TPSA) is 128 Å². The Balaban J connectivity index is 1.65. The summed E-state index contributed by atoms with van der Waals surface area (Å²) in [5.41, 5.74) is 2.52. The number of nitrogens with zero attached hydrogens (tertiary/aromatic N) is 2. The molecule has 0 aliphatic carbocycles. The first kappa shape index (κ1) is 26.4. The molecule has 0 spiro atoms. The lowest BCUT2D eigenvalue weighted by atomic mass is 10.0. The molecule has 10 nitrogen and oxygen atoms in total. The van der Waals surface area contributed by atoms with E-state index in [-0.39, 0.29) is 34.4 Å². The lowest BCUT2D eigenvalue weighted by Crippen LogP contribution is -2.54. The van der Waals surface area contributed by atoms with Crippen LogP contribution in [0.1, 0.15) is 22.3 Å². The molecule has 0 saturated carbocycles. The number of nitro groups is 1. The lowest BCUT2D eigenvalue weighted by molar-refractivity contribution is -0.384. The Morgan fingerprint density at radius 2 is 1.82 bits per heavy atom. The van der Waals surface area contributed by atoms with Gasteiger partial charge in [0.2, 0.25) is 0 Å². The number of benzene rings is 3. The van der Waals surface area contributed by atoms with Gasteiger partial charge in [-0.15, -0.1) is 0 Å². The van der Waals surface area contributed by atoms with Crippen molar-refractivity contribution >= 4 is 46.9 Å². The standard InChI is InChI=1S/C27H22ClN3O7/c1-15-6-4-9-22(16(15)2)30-26(33)20(25(32)29-27(30)34)11-18-12-21(28)24(23(13-18)37-3)38-14-17-7-5-8-19(10-17)31(35)36/h4-13H,14H2,1-3H3,(H,29,32,34)/b20-11+. The molecular weight excluding hydrogens is 514 g/mol. The number of imide groups is 2. The predicted octanol–water partition coefficient (Wildman–Crippen LogP) is 5.12. The first-order chi connectivity index (χ1) is 18.1. The largest absolute Gasteiger partial charge is 0.493 e. The number of nitrogens with one attached hydrogen (secondary N) is 1. The summed E-state index contributed by atoms with van der Waals surface area (Å²) in [6, 6.07) is 13.3.